The lowest BCUT2D eigenvalue weighted by molar-refractivity contribution is -0.269. The van der Waals surface area contributed by atoms with Crippen molar-refractivity contribution < 1.29 is 36.0 Å². The summed E-state index contributed by atoms with van der Waals surface area (Å²) in [5, 5.41) is 1.52. The van der Waals surface area contributed by atoms with E-state index in [-0.39, 0.29) is 27.0 Å². The van der Waals surface area contributed by atoms with E-state index < -0.39 is 29.4 Å². The van der Waals surface area contributed by atoms with Crippen molar-refractivity contribution in [3.05, 3.63) is 69.7 Å². The highest BCUT2D eigenvalue weighted by atomic mass is 35.5. The zero-order valence-corrected chi connectivity index (χ0v) is 16.0. The fourth-order valence-corrected chi connectivity index (χ4v) is 3.25. The Morgan fingerprint density at radius 1 is 1.00 bits per heavy atom. The van der Waals surface area contributed by atoms with Gasteiger partial charge in [0.2, 0.25) is 5.60 Å². The Morgan fingerprint density at radius 2 is 1.63 bits per heavy atom. The van der Waals surface area contributed by atoms with Crippen LogP contribution in [0.2, 0.25) is 10.0 Å². The highest BCUT2D eigenvalue weighted by Crippen LogP contribution is 2.48. The van der Waals surface area contributed by atoms with Crippen molar-refractivity contribution in [2.75, 3.05) is 5.32 Å². The van der Waals surface area contributed by atoms with Crippen molar-refractivity contribution in [1.29, 1.82) is 0 Å². The van der Waals surface area contributed by atoms with E-state index >= 15 is 0 Å². The number of carbonyl (C=O) groups is 1. The molecule has 0 fully saturated rings. The molecular formula is C18H10Cl2F6N2O2. The molecule has 1 atom stereocenters. The summed E-state index contributed by atoms with van der Waals surface area (Å²) in [5.74, 6) is -2.22. The minimum Gasteiger partial charge on any atom is -0.318 e. The van der Waals surface area contributed by atoms with Crippen LogP contribution in [-0.4, -0.2) is 18.3 Å². The van der Waals surface area contributed by atoms with E-state index in [1.807, 2.05) is 0 Å². The quantitative estimate of drug-likeness (QED) is 0.555. The highest BCUT2D eigenvalue weighted by molar-refractivity contribution is 6.34. The molecule has 2 N–H and O–H groups in total. The molecule has 2 aromatic rings. The molecule has 0 spiro atoms. The Kier molecular flexibility index (Phi) is 5.70. The maximum Gasteiger partial charge on any atom is 0.471 e. The minimum atomic E-state index is -5.12. The molecule has 3 rings (SSSR count). The molecule has 1 aliphatic heterocycles. The Labute approximate surface area is 175 Å². The molecule has 1 amide bonds. The first-order chi connectivity index (χ1) is 13.8. The Morgan fingerprint density at radius 3 is 2.20 bits per heavy atom. The van der Waals surface area contributed by atoms with Gasteiger partial charge in [-0.15, -0.1) is 0 Å². The number of hydrogen-bond acceptors (Lipinski definition) is 3. The highest BCUT2D eigenvalue weighted by Gasteiger charge is 2.59. The van der Waals surface area contributed by atoms with Crippen LogP contribution in [-0.2, 0) is 15.2 Å². The van der Waals surface area contributed by atoms with Crippen LogP contribution in [0.15, 0.2) is 48.5 Å². The lowest BCUT2D eigenvalue weighted by atomic mass is 9.91. The lowest BCUT2D eigenvalue weighted by Crippen LogP contribution is -2.42. The first-order valence-corrected chi connectivity index (χ1v) is 8.76. The third-order valence-corrected chi connectivity index (χ3v) is 4.51. The van der Waals surface area contributed by atoms with E-state index in [9.17, 15) is 31.1 Å². The van der Waals surface area contributed by atoms with E-state index in [1.165, 1.54) is 18.2 Å². The third-order valence-electron chi connectivity index (χ3n) is 4.07. The van der Waals surface area contributed by atoms with Gasteiger partial charge in [0, 0.05) is 26.9 Å². The zero-order valence-electron chi connectivity index (χ0n) is 14.5. The second kappa shape index (κ2) is 7.68. The summed E-state index contributed by atoms with van der Waals surface area (Å²) in [6.45, 7) is 0. The van der Waals surface area contributed by atoms with Crippen LogP contribution < -0.4 is 10.8 Å². The zero-order chi connectivity index (χ0) is 22.3. The molecule has 0 saturated carbocycles. The van der Waals surface area contributed by atoms with Crippen LogP contribution >= 0.6 is 23.2 Å². The monoisotopic (exact) mass is 470 g/mol. The van der Waals surface area contributed by atoms with E-state index in [0.29, 0.717) is 6.08 Å². The average Bonchev–Trinajstić information content (AvgIpc) is 3.07. The van der Waals surface area contributed by atoms with Crippen molar-refractivity contribution in [2.45, 2.75) is 18.0 Å². The molecule has 160 valence electrons. The van der Waals surface area contributed by atoms with Gasteiger partial charge in [0.05, 0.1) is 5.70 Å². The number of amides is 1. The predicted molar refractivity (Wildman–Crippen MR) is 97.5 cm³/mol. The van der Waals surface area contributed by atoms with Gasteiger partial charge in [-0.2, -0.15) is 26.3 Å². The number of hydroxylamine groups is 1. The first-order valence-electron chi connectivity index (χ1n) is 8.00. The molecule has 1 aliphatic rings. The van der Waals surface area contributed by atoms with Crippen molar-refractivity contribution in [2.24, 2.45) is 0 Å². The number of benzene rings is 2. The van der Waals surface area contributed by atoms with Gasteiger partial charge in [-0.25, -0.2) is 0 Å². The molecule has 0 aromatic heterocycles. The van der Waals surface area contributed by atoms with Gasteiger partial charge < -0.3 is 5.32 Å². The number of halogens is 8. The van der Waals surface area contributed by atoms with Gasteiger partial charge in [-0.05, 0) is 36.4 Å². The van der Waals surface area contributed by atoms with Crippen molar-refractivity contribution >= 4 is 40.5 Å². The summed E-state index contributed by atoms with van der Waals surface area (Å²) in [7, 11) is 0. The Bertz CT molecular complexity index is 1000. The van der Waals surface area contributed by atoms with E-state index in [2.05, 4.69) is 5.48 Å². The first kappa shape index (κ1) is 22.3. The van der Waals surface area contributed by atoms with Crippen LogP contribution in [0.25, 0.3) is 5.70 Å². The molecule has 0 bridgehead atoms. The number of anilines is 1. The second-order valence-corrected chi connectivity index (χ2v) is 7.06. The molecule has 0 saturated heterocycles. The van der Waals surface area contributed by atoms with Crippen LogP contribution in [0.3, 0.4) is 0 Å². The summed E-state index contributed by atoms with van der Waals surface area (Å²) in [5.41, 5.74) is -1.65. The SMILES string of the molecule is O=C(Nc1cccc(C2=CC(c3cc(Cl)cc(Cl)c3)(C(F)(F)F)ON2)c1)C(F)(F)F. The van der Waals surface area contributed by atoms with Crippen molar-refractivity contribution in [3.63, 3.8) is 0 Å². The standard InChI is InChI=1S/C18H10Cl2F6N2O2/c19-11-5-10(6-12(20)7-11)16(18(24,25)26)8-14(28-30-16)9-2-1-3-13(4-9)27-15(29)17(21,22)23/h1-8,28H,(H,27,29). The maximum absolute atomic E-state index is 14.0. The Balaban J connectivity index is 2.02. The van der Waals surface area contributed by atoms with E-state index in [4.69, 9.17) is 28.0 Å². The number of nitrogens with one attached hydrogen (secondary N) is 2. The average molecular weight is 471 g/mol. The molecule has 0 radical (unpaired) electrons. The van der Waals surface area contributed by atoms with Gasteiger partial charge in [-0.3, -0.25) is 15.1 Å². The van der Waals surface area contributed by atoms with Crippen LogP contribution in [0, 0.1) is 0 Å². The molecule has 0 aliphatic carbocycles. The molecule has 1 unspecified atom stereocenters. The molecule has 1 heterocycles. The fourth-order valence-electron chi connectivity index (χ4n) is 2.72. The Hall–Kier alpha value is -2.43. The van der Waals surface area contributed by atoms with Crippen molar-refractivity contribution in [3.8, 4) is 0 Å². The summed E-state index contributed by atoms with van der Waals surface area (Å²) in [4.78, 5) is 16.0. The number of hydrogen-bond donors (Lipinski definition) is 2. The number of rotatable bonds is 3. The summed E-state index contributed by atoms with van der Waals surface area (Å²) >= 11 is 11.6. The maximum atomic E-state index is 14.0. The number of alkyl halides is 6. The summed E-state index contributed by atoms with van der Waals surface area (Å²) in [6.07, 6.45) is -9.36. The largest absolute Gasteiger partial charge is 0.471 e. The second-order valence-electron chi connectivity index (χ2n) is 6.19. The minimum absolute atomic E-state index is 0.0363. The van der Waals surface area contributed by atoms with E-state index in [0.717, 1.165) is 24.3 Å². The van der Waals surface area contributed by atoms with Crippen LogP contribution in [0.1, 0.15) is 11.1 Å². The number of carbonyl (C=O) groups excluding carboxylic acids is 1. The van der Waals surface area contributed by atoms with Gasteiger partial charge in [0.1, 0.15) is 0 Å². The van der Waals surface area contributed by atoms with Gasteiger partial charge in [-0.1, -0.05) is 35.3 Å². The van der Waals surface area contributed by atoms with Gasteiger partial charge >= 0.3 is 18.3 Å². The molecule has 30 heavy (non-hydrogen) atoms. The third kappa shape index (κ3) is 4.35. The molecule has 4 nitrogen and oxygen atoms in total. The van der Waals surface area contributed by atoms with Gasteiger partial charge in [0.15, 0.2) is 0 Å². The summed E-state index contributed by atoms with van der Waals surface area (Å²) in [6, 6.07) is 8.09. The molecular weight excluding hydrogens is 461 g/mol. The van der Waals surface area contributed by atoms with Gasteiger partial charge in [0.25, 0.3) is 0 Å². The fraction of sp³-hybridized carbons (Fsp3) is 0.167. The van der Waals surface area contributed by atoms with Crippen LogP contribution in [0.5, 0.6) is 0 Å². The topological polar surface area (TPSA) is 50.4 Å². The molecule has 2 aromatic carbocycles. The van der Waals surface area contributed by atoms with E-state index in [1.54, 1.807) is 5.32 Å². The lowest BCUT2D eigenvalue weighted by Gasteiger charge is -2.28. The molecule has 12 heteroatoms. The van der Waals surface area contributed by atoms with Crippen LogP contribution in [0.4, 0.5) is 32.0 Å². The predicted octanol–water partition coefficient (Wildman–Crippen LogP) is 5.83. The normalized spacial score (nSPS) is 19.3. The smallest absolute Gasteiger partial charge is 0.318 e. The van der Waals surface area contributed by atoms with Crippen molar-refractivity contribution in [1.82, 2.24) is 5.48 Å². The summed E-state index contributed by atoms with van der Waals surface area (Å²) < 4.78 is 79.1.